The van der Waals surface area contributed by atoms with Crippen molar-refractivity contribution < 1.29 is 4.65 Å². The van der Waals surface area contributed by atoms with E-state index >= 15 is 0 Å². The molecule has 2 nitrogen and oxygen atoms in total. The fourth-order valence-corrected chi connectivity index (χ4v) is 2.91. The minimum Gasteiger partial charge on any atom is -0.411 e. The third kappa shape index (κ3) is 1.14. The van der Waals surface area contributed by atoms with Crippen LogP contribution in [0.3, 0.4) is 0 Å². The molecular weight excluding hydrogens is 156 g/mol. The largest absolute Gasteiger partial charge is 0.411 e. The summed E-state index contributed by atoms with van der Waals surface area (Å²) in [6, 6.07) is 0.641. The molecule has 2 saturated heterocycles. The van der Waals surface area contributed by atoms with Crippen LogP contribution in [0.2, 0.25) is 6.82 Å². The summed E-state index contributed by atoms with van der Waals surface area (Å²) in [5.41, 5.74) is 0. The Morgan fingerprint density at radius 3 is 3.09 bits per heavy atom. The first-order chi connectivity index (χ1) is 5.11. The second kappa shape index (κ2) is 2.45. The van der Waals surface area contributed by atoms with Crippen molar-refractivity contribution in [2.24, 2.45) is 0 Å². The molecule has 0 saturated carbocycles. The Bertz CT molecular complexity index is 176. The van der Waals surface area contributed by atoms with Gasteiger partial charge in [0, 0.05) is 6.04 Å². The summed E-state index contributed by atoms with van der Waals surface area (Å²) in [5, 5.41) is 0.00984. The minimum absolute atomic E-state index is 0.00984. The Balaban J connectivity index is 2.20. The molecule has 0 bridgehead atoms. The van der Waals surface area contributed by atoms with Gasteiger partial charge in [0.2, 0.25) is 0 Å². The van der Waals surface area contributed by atoms with Crippen molar-refractivity contribution in [3.63, 3.8) is 0 Å². The van der Waals surface area contributed by atoms with Gasteiger partial charge in [-0.05, 0) is 33.1 Å². The molecule has 0 aromatic carbocycles. The van der Waals surface area contributed by atoms with Crippen LogP contribution >= 0.6 is 9.24 Å². The van der Waals surface area contributed by atoms with E-state index in [0.29, 0.717) is 13.1 Å². The lowest BCUT2D eigenvalue weighted by Gasteiger charge is -2.25. The van der Waals surface area contributed by atoms with Gasteiger partial charge in [-0.2, -0.15) is 0 Å². The molecule has 2 heterocycles. The fraction of sp³-hybridized carbons (Fsp3) is 1.00. The molecule has 62 valence electrons. The molecule has 2 aliphatic rings. The molecule has 0 aromatic heterocycles. The predicted molar refractivity (Wildman–Crippen MR) is 50.5 cm³/mol. The fourth-order valence-electron chi connectivity index (χ4n) is 2.35. The maximum absolute atomic E-state index is 5.80. The van der Waals surface area contributed by atoms with Gasteiger partial charge in [0.25, 0.3) is 0 Å². The van der Waals surface area contributed by atoms with Crippen molar-refractivity contribution in [2.45, 2.75) is 38.0 Å². The SMILES string of the molecule is CB1O[C@](C)(P)C2CCCN12. The lowest BCUT2D eigenvalue weighted by Crippen LogP contribution is -2.36. The van der Waals surface area contributed by atoms with Crippen molar-refractivity contribution in [3.05, 3.63) is 0 Å². The number of nitrogens with zero attached hydrogens (tertiary/aromatic N) is 1. The zero-order chi connectivity index (χ0) is 8.06. The highest BCUT2D eigenvalue weighted by molar-refractivity contribution is 7.19. The van der Waals surface area contributed by atoms with E-state index in [1.165, 1.54) is 19.4 Å². The van der Waals surface area contributed by atoms with Crippen molar-refractivity contribution >= 4 is 16.3 Å². The minimum atomic E-state index is 0.00984. The molecule has 2 aliphatic heterocycles. The molecule has 2 fully saturated rings. The van der Waals surface area contributed by atoms with E-state index in [0.717, 1.165) is 0 Å². The van der Waals surface area contributed by atoms with Crippen molar-refractivity contribution in [1.29, 1.82) is 0 Å². The van der Waals surface area contributed by atoms with Gasteiger partial charge in [0.15, 0.2) is 0 Å². The zero-order valence-electron chi connectivity index (χ0n) is 7.21. The van der Waals surface area contributed by atoms with Gasteiger partial charge in [-0.1, -0.05) is 0 Å². The third-order valence-corrected chi connectivity index (χ3v) is 3.37. The lowest BCUT2D eigenvalue weighted by atomic mass is 9.86. The van der Waals surface area contributed by atoms with E-state index in [9.17, 15) is 0 Å². The Labute approximate surface area is 71.0 Å². The average molecular weight is 171 g/mol. The second-order valence-electron chi connectivity index (χ2n) is 3.80. The number of hydrogen-bond donors (Lipinski definition) is 0. The monoisotopic (exact) mass is 171 g/mol. The number of rotatable bonds is 0. The summed E-state index contributed by atoms with van der Waals surface area (Å²) in [4.78, 5) is 2.47. The first-order valence-electron chi connectivity index (χ1n) is 4.34. The van der Waals surface area contributed by atoms with Crippen molar-refractivity contribution in [3.8, 4) is 0 Å². The van der Waals surface area contributed by atoms with E-state index < -0.39 is 0 Å². The summed E-state index contributed by atoms with van der Waals surface area (Å²) in [6.45, 7) is 5.54. The molecule has 11 heavy (non-hydrogen) atoms. The lowest BCUT2D eigenvalue weighted by molar-refractivity contribution is 0.184. The van der Waals surface area contributed by atoms with Crippen molar-refractivity contribution in [2.75, 3.05) is 6.54 Å². The molecule has 0 spiro atoms. The summed E-state index contributed by atoms with van der Waals surface area (Å²) in [5.74, 6) is 0. The van der Waals surface area contributed by atoms with Crippen LogP contribution in [0.25, 0.3) is 0 Å². The van der Waals surface area contributed by atoms with E-state index in [-0.39, 0.29) is 5.34 Å². The normalized spacial score (nSPS) is 45.0. The molecule has 0 aliphatic carbocycles. The Hall–Kier alpha value is 0.415. The van der Waals surface area contributed by atoms with Gasteiger partial charge in [-0.25, -0.2) is 0 Å². The molecule has 3 atom stereocenters. The first-order valence-corrected chi connectivity index (χ1v) is 4.91. The molecular formula is C7H15BNOP. The smallest absolute Gasteiger partial charge is 0.380 e. The van der Waals surface area contributed by atoms with Crippen LogP contribution in [0.4, 0.5) is 0 Å². The maximum atomic E-state index is 5.80. The Morgan fingerprint density at radius 1 is 1.73 bits per heavy atom. The molecule has 0 amide bonds. The summed E-state index contributed by atoms with van der Waals surface area (Å²) >= 11 is 0. The van der Waals surface area contributed by atoms with Crippen LogP contribution < -0.4 is 0 Å². The van der Waals surface area contributed by atoms with Gasteiger partial charge in [-0.3, -0.25) is 0 Å². The maximum Gasteiger partial charge on any atom is 0.380 e. The average Bonchev–Trinajstić information content (AvgIpc) is 2.37. The predicted octanol–water partition coefficient (Wildman–Crippen LogP) is 1.19. The van der Waals surface area contributed by atoms with E-state index in [1.807, 2.05) is 0 Å². The quantitative estimate of drug-likeness (QED) is 0.401. The molecule has 2 rings (SSSR count). The molecule has 0 radical (unpaired) electrons. The van der Waals surface area contributed by atoms with E-state index in [2.05, 4.69) is 27.8 Å². The summed E-state index contributed by atoms with van der Waals surface area (Å²) in [7, 11) is 3.16. The molecule has 2 unspecified atom stereocenters. The molecule has 4 heteroatoms. The third-order valence-electron chi connectivity index (χ3n) is 2.85. The van der Waals surface area contributed by atoms with Gasteiger partial charge in [0.05, 0.1) is 5.34 Å². The number of fused-ring (bicyclic) bond motifs is 1. The Morgan fingerprint density at radius 2 is 2.45 bits per heavy atom. The van der Waals surface area contributed by atoms with Crippen LogP contribution in [0.1, 0.15) is 19.8 Å². The first kappa shape index (κ1) is 8.03. The zero-order valence-corrected chi connectivity index (χ0v) is 8.36. The second-order valence-corrected chi connectivity index (χ2v) is 4.94. The molecule has 0 aromatic rings. The number of hydrogen-bond acceptors (Lipinski definition) is 2. The van der Waals surface area contributed by atoms with Crippen molar-refractivity contribution in [1.82, 2.24) is 4.81 Å². The highest BCUT2D eigenvalue weighted by Crippen LogP contribution is 2.41. The van der Waals surface area contributed by atoms with Crippen LogP contribution in [-0.2, 0) is 4.65 Å². The summed E-state index contributed by atoms with van der Waals surface area (Å²) < 4.78 is 5.80. The molecule has 0 N–H and O–H groups in total. The topological polar surface area (TPSA) is 12.5 Å². The van der Waals surface area contributed by atoms with Crippen LogP contribution in [0.5, 0.6) is 0 Å². The Kier molecular flexibility index (Phi) is 1.79. The van der Waals surface area contributed by atoms with E-state index in [1.54, 1.807) is 0 Å². The van der Waals surface area contributed by atoms with E-state index in [4.69, 9.17) is 4.65 Å². The summed E-state index contributed by atoms with van der Waals surface area (Å²) in [6.07, 6.45) is 2.63. The van der Waals surface area contributed by atoms with Crippen LogP contribution in [0, 0.1) is 0 Å². The van der Waals surface area contributed by atoms with Crippen LogP contribution in [0.15, 0.2) is 0 Å². The standard InChI is InChI=1S/C7H15BNOP/c1-7(11)6-4-3-5-9(6)8(2)10-7/h6H,3-5,11H2,1-2H3/t6?,7-/m1/s1. The van der Waals surface area contributed by atoms with Gasteiger partial charge in [-0.15, -0.1) is 9.24 Å². The van der Waals surface area contributed by atoms with Gasteiger partial charge in [0.1, 0.15) is 0 Å². The highest BCUT2D eigenvalue weighted by atomic mass is 31.0. The van der Waals surface area contributed by atoms with Gasteiger partial charge < -0.3 is 9.47 Å². The van der Waals surface area contributed by atoms with Crippen LogP contribution in [-0.4, -0.2) is 29.8 Å². The highest BCUT2D eigenvalue weighted by Gasteiger charge is 2.49. The van der Waals surface area contributed by atoms with Gasteiger partial charge >= 0.3 is 7.05 Å².